The van der Waals surface area contributed by atoms with Crippen LogP contribution in [0.3, 0.4) is 0 Å². The summed E-state index contributed by atoms with van der Waals surface area (Å²) in [7, 11) is 1.62. The molecule has 0 radical (unpaired) electrons. The van der Waals surface area contributed by atoms with Gasteiger partial charge in [0.05, 0.1) is 26.0 Å². The van der Waals surface area contributed by atoms with Gasteiger partial charge < -0.3 is 29.4 Å². The maximum Gasteiger partial charge on any atom is 0.250 e. The van der Waals surface area contributed by atoms with E-state index in [-0.39, 0.29) is 5.56 Å². The highest BCUT2D eigenvalue weighted by Gasteiger charge is 2.22. The smallest absolute Gasteiger partial charge is 0.250 e. The summed E-state index contributed by atoms with van der Waals surface area (Å²) in [4.78, 5) is 21.9. The number of H-pyrrole nitrogens is 1. The average molecular weight is 497 g/mol. The number of para-hydroxylation sites is 1. The Balaban J connectivity index is 1.25. The molecule has 1 fully saturated rings. The van der Waals surface area contributed by atoms with E-state index in [0.29, 0.717) is 25.6 Å². The van der Waals surface area contributed by atoms with E-state index in [4.69, 9.17) is 14.2 Å². The normalized spacial score (nSPS) is 14.4. The Hall–Kier alpha value is -4.30. The lowest BCUT2D eigenvalue weighted by Gasteiger charge is -2.29. The number of pyridine rings is 2. The second kappa shape index (κ2) is 9.99. The van der Waals surface area contributed by atoms with Crippen molar-refractivity contribution in [1.82, 2.24) is 9.97 Å². The van der Waals surface area contributed by atoms with Gasteiger partial charge >= 0.3 is 0 Å². The van der Waals surface area contributed by atoms with Gasteiger partial charge in [0.2, 0.25) is 11.4 Å². The van der Waals surface area contributed by atoms with Gasteiger partial charge in [-0.2, -0.15) is 0 Å². The highest BCUT2D eigenvalue weighted by molar-refractivity contribution is 5.74. The van der Waals surface area contributed by atoms with Crippen molar-refractivity contribution in [3.63, 3.8) is 0 Å². The minimum absolute atomic E-state index is 0.129. The zero-order valence-corrected chi connectivity index (χ0v) is 20.6. The maximum atomic E-state index is 12.6. The van der Waals surface area contributed by atoms with Crippen LogP contribution in [0.15, 0.2) is 71.7 Å². The molecule has 4 heterocycles. The molecule has 1 saturated heterocycles. The van der Waals surface area contributed by atoms with Gasteiger partial charge in [-0.3, -0.25) is 4.79 Å². The molecule has 8 heteroatoms. The van der Waals surface area contributed by atoms with Gasteiger partial charge in [-0.25, -0.2) is 4.98 Å². The number of morpholine rings is 1. The first-order valence-electron chi connectivity index (χ1n) is 12.4. The van der Waals surface area contributed by atoms with E-state index in [1.165, 1.54) is 0 Å². The average Bonchev–Trinajstić information content (AvgIpc) is 2.95. The summed E-state index contributed by atoms with van der Waals surface area (Å²) >= 11 is 0. The predicted octanol–water partition coefficient (Wildman–Crippen LogP) is 4.59. The van der Waals surface area contributed by atoms with Crippen LogP contribution in [0, 0.1) is 0 Å². The summed E-state index contributed by atoms with van der Waals surface area (Å²) < 4.78 is 17.1. The van der Waals surface area contributed by atoms with Crippen LogP contribution in [-0.4, -0.2) is 43.4 Å². The number of methoxy groups -OCH3 is 1. The quantitative estimate of drug-likeness (QED) is 0.355. The lowest BCUT2D eigenvalue weighted by Crippen LogP contribution is -2.36. The van der Waals surface area contributed by atoms with Crippen molar-refractivity contribution < 1.29 is 14.2 Å². The predicted molar refractivity (Wildman–Crippen MR) is 143 cm³/mol. The fourth-order valence-corrected chi connectivity index (χ4v) is 4.85. The zero-order chi connectivity index (χ0) is 25.2. The van der Waals surface area contributed by atoms with Crippen LogP contribution in [0.5, 0.6) is 17.4 Å². The monoisotopic (exact) mass is 496 g/mol. The summed E-state index contributed by atoms with van der Waals surface area (Å²) in [5.74, 6) is 2.21. The van der Waals surface area contributed by atoms with E-state index >= 15 is 0 Å². The summed E-state index contributed by atoms with van der Waals surface area (Å²) in [5.41, 5.74) is 6.69. The second-order valence-corrected chi connectivity index (χ2v) is 9.17. The van der Waals surface area contributed by atoms with Crippen molar-refractivity contribution in [3.05, 3.63) is 93.9 Å². The molecule has 0 spiro atoms. The number of anilines is 2. The topological polar surface area (TPSA) is 88.7 Å². The minimum Gasteiger partial charge on any atom is -0.481 e. The van der Waals surface area contributed by atoms with Crippen molar-refractivity contribution >= 4 is 11.4 Å². The summed E-state index contributed by atoms with van der Waals surface area (Å²) in [6.45, 7) is 3.52. The van der Waals surface area contributed by atoms with Crippen LogP contribution in [0.25, 0.3) is 11.3 Å². The number of ether oxygens (including phenoxy) is 3. The fraction of sp³-hybridized carbons (Fsp3) is 0.241. The standard InChI is InChI=1S/C29H28N4O4/c1-35-28-13-19(7-8-30-28)18-31-22-5-6-26-21(15-22)14-20-3-2-4-24(29(20)37-26)25-16-23(17-27(34)32-25)33-9-11-36-12-10-33/h2-8,13,15-17,31H,9-12,14,18H2,1H3,(H,32,34). The van der Waals surface area contributed by atoms with Gasteiger partial charge in [-0.1, -0.05) is 12.1 Å². The number of benzene rings is 2. The molecular weight excluding hydrogens is 468 g/mol. The number of nitrogens with one attached hydrogen (secondary N) is 2. The first-order valence-corrected chi connectivity index (χ1v) is 12.4. The van der Waals surface area contributed by atoms with Crippen molar-refractivity contribution in [1.29, 1.82) is 0 Å². The maximum absolute atomic E-state index is 12.6. The summed E-state index contributed by atoms with van der Waals surface area (Å²) in [6.07, 6.45) is 2.49. The van der Waals surface area contributed by atoms with Crippen LogP contribution in [-0.2, 0) is 17.7 Å². The van der Waals surface area contributed by atoms with Crippen molar-refractivity contribution in [2.75, 3.05) is 43.6 Å². The van der Waals surface area contributed by atoms with Crippen LogP contribution in [0.2, 0.25) is 0 Å². The van der Waals surface area contributed by atoms with E-state index in [2.05, 4.69) is 32.3 Å². The molecule has 0 aliphatic carbocycles. The van der Waals surface area contributed by atoms with Crippen molar-refractivity contribution in [3.8, 4) is 28.6 Å². The molecule has 188 valence electrons. The Morgan fingerprint density at radius 1 is 1.05 bits per heavy atom. The lowest BCUT2D eigenvalue weighted by molar-refractivity contribution is 0.122. The molecule has 0 unspecified atom stereocenters. The molecule has 0 atom stereocenters. The number of hydrogen-bond donors (Lipinski definition) is 2. The van der Waals surface area contributed by atoms with Gasteiger partial charge in [0.25, 0.3) is 0 Å². The Morgan fingerprint density at radius 2 is 1.95 bits per heavy atom. The lowest BCUT2D eigenvalue weighted by atomic mass is 9.96. The first-order chi connectivity index (χ1) is 18.2. The van der Waals surface area contributed by atoms with Gasteiger partial charge in [0.1, 0.15) is 11.5 Å². The Kier molecular flexibility index (Phi) is 6.24. The highest BCUT2D eigenvalue weighted by atomic mass is 16.5. The van der Waals surface area contributed by atoms with Crippen LogP contribution in [0.1, 0.15) is 16.7 Å². The molecule has 0 saturated carbocycles. The molecule has 6 rings (SSSR count). The van der Waals surface area contributed by atoms with Gasteiger partial charge in [-0.05, 0) is 47.5 Å². The number of aromatic amines is 1. The number of hydrogen-bond acceptors (Lipinski definition) is 7. The van der Waals surface area contributed by atoms with Gasteiger partial charge in [-0.15, -0.1) is 0 Å². The number of aromatic nitrogens is 2. The Labute approximate surface area is 214 Å². The Bertz CT molecular complexity index is 1490. The molecule has 4 aromatic rings. The third-order valence-electron chi connectivity index (χ3n) is 6.75. The molecule has 2 aromatic carbocycles. The van der Waals surface area contributed by atoms with E-state index in [9.17, 15) is 4.79 Å². The SMILES string of the molecule is COc1cc(CNc2ccc3c(c2)Cc2cccc(-c4cc(N5CCOCC5)cc(=O)[nH]4)c2O3)ccn1. The van der Waals surface area contributed by atoms with E-state index in [1.54, 1.807) is 19.4 Å². The molecule has 0 amide bonds. The van der Waals surface area contributed by atoms with Crippen molar-refractivity contribution in [2.45, 2.75) is 13.0 Å². The number of rotatable bonds is 6. The first kappa shape index (κ1) is 23.1. The van der Waals surface area contributed by atoms with E-state index in [0.717, 1.165) is 70.3 Å². The van der Waals surface area contributed by atoms with E-state index in [1.807, 2.05) is 42.5 Å². The molecule has 2 aliphatic heterocycles. The molecule has 2 aliphatic rings. The third kappa shape index (κ3) is 4.88. The minimum atomic E-state index is -0.129. The number of fused-ring (bicyclic) bond motifs is 2. The van der Waals surface area contributed by atoms with E-state index < -0.39 is 0 Å². The summed E-state index contributed by atoms with van der Waals surface area (Å²) in [5, 5.41) is 3.48. The Morgan fingerprint density at radius 3 is 2.81 bits per heavy atom. The largest absolute Gasteiger partial charge is 0.481 e. The number of nitrogens with zero attached hydrogens (tertiary/aromatic N) is 2. The van der Waals surface area contributed by atoms with Crippen LogP contribution in [0.4, 0.5) is 11.4 Å². The van der Waals surface area contributed by atoms with Gasteiger partial charge in [0.15, 0.2) is 0 Å². The molecule has 0 bridgehead atoms. The highest BCUT2D eigenvalue weighted by Crippen LogP contribution is 2.43. The molecule has 37 heavy (non-hydrogen) atoms. The van der Waals surface area contributed by atoms with Crippen LogP contribution >= 0.6 is 0 Å². The summed E-state index contributed by atoms with van der Waals surface area (Å²) in [6, 6.07) is 19.8. The van der Waals surface area contributed by atoms with Crippen LogP contribution < -0.4 is 25.2 Å². The fourth-order valence-electron chi connectivity index (χ4n) is 4.85. The second-order valence-electron chi connectivity index (χ2n) is 9.17. The molecule has 8 nitrogen and oxygen atoms in total. The molecule has 2 N–H and O–H groups in total. The molecular formula is C29H28N4O4. The zero-order valence-electron chi connectivity index (χ0n) is 20.6. The third-order valence-corrected chi connectivity index (χ3v) is 6.75. The molecule has 2 aromatic heterocycles. The van der Waals surface area contributed by atoms with Gasteiger partial charge in [0, 0.05) is 66.9 Å². The van der Waals surface area contributed by atoms with Crippen molar-refractivity contribution in [2.24, 2.45) is 0 Å².